The van der Waals surface area contributed by atoms with Crippen LogP contribution in [0.3, 0.4) is 0 Å². The molecule has 1 aromatic heterocycles. The summed E-state index contributed by atoms with van der Waals surface area (Å²) in [5, 5.41) is 10.6. The minimum absolute atomic E-state index is 0.364. The van der Waals surface area contributed by atoms with E-state index in [1.54, 1.807) is 0 Å². The summed E-state index contributed by atoms with van der Waals surface area (Å²) in [6.45, 7) is 1.89. The molecule has 2 heterocycles. The van der Waals surface area contributed by atoms with Gasteiger partial charge in [-0.3, -0.25) is 4.90 Å². The second-order valence-corrected chi connectivity index (χ2v) is 7.33. The van der Waals surface area contributed by atoms with E-state index in [9.17, 15) is 5.26 Å². The van der Waals surface area contributed by atoms with E-state index in [4.69, 9.17) is 4.98 Å². The van der Waals surface area contributed by atoms with E-state index in [2.05, 4.69) is 35.2 Å². The molecule has 0 unspecified atom stereocenters. The van der Waals surface area contributed by atoms with Crippen LogP contribution in [0.5, 0.6) is 0 Å². The number of hydrogen-bond acceptors (Lipinski definition) is 4. The monoisotopic (exact) mass is 333 g/mol. The van der Waals surface area contributed by atoms with Crippen LogP contribution in [0.25, 0.3) is 10.2 Å². The van der Waals surface area contributed by atoms with Crippen LogP contribution in [-0.2, 0) is 6.54 Å². The van der Waals surface area contributed by atoms with Crippen LogP contribution in [0, 0.1) is 11.3 Å². The molecule has 1 aliphatic heterocycles. The van der Waals surface area contributed by atoms with Gasteiger partial charge >= 0.3 is 0 Å². The van der Waals surface area contributed by atoms with E-state index in [-0.39, 0.29) is 0 Å². The average Bonchev–Trinajstić information content (AvgIpc) is 3.06. The Morgan fingerprint density at radius 1 is 1.12 bits per heavy atom. The van der Waals surface area contributed by atoms with E-state index >= 15 is 0 Å². The Balaban J connectivity index is 1.64. The van der Waals surface area contributed by atoms with Crippen LogP contribution >= 0.6 is 11.3 Å². The molecule has 0 aliphatic carbocycles. The molecule has 1 aliphatic rings. The first-order chi connectivity index (χ1) is 11.8. The summed E-state index contributed by atoms with van der Waals surface area (Å²) in [4.78, 5) is 7.38. The molecule has 0 saturated carbocycles. The number of fused-ring (bicyclic) bond motifs is 1. The molecule has 1 saturated heterocycles. The van der Waals surface area contributed by atoms with Crippen molar-refractivity contribution < 1.29 is 0 Å². The molecule has 24 heavy (non-hydrogen) atoms. The Morgan fingerprint density at radius 2 is 1.96 bits per heavy atom. The number of hydrogen-bond donors (Lipinski definition) is 0. The van der Waals surface area contributed by atoms with Crippen molar-refractivity contribution in [1.29, 1.82) is 5.26 Å². The number of piperidine rings is 1. The fourth-order valence-corrected chi connectivity index (χ4v) is 4.62. The van der Waals surface area contributed by atoms with Gasteiger partial charge in [-0.25, -0.2) is 4.98 Å². The highest BCUT2D eigenvalue weighted by Crippen LogP contribution is 2.36. The molecule has 0 spiro atoms. The number of para-hydroxylation sites is 1. The quantitative estimate of drug-likeness (QED) is 0.685. The molecule has 0 radical (unpaired) electrons. The van der Waals surface area contributed by atoms with Crippen LogP contribution in [0.15, 0.2) is 48.5 Å². The zero-order valence-electron chi connectivity index (χ0n) is 13.5. The predicted octanol–water partition coefficient (Wildman–Crippen LogP) is 4.90. The fourth-order valence-electron chi connectivity index (χ4n) is 3.48. The third-order valence-electron chi connectivity index (χ3n) is 4.72. The van der Waals surface area contributed by atoms with E-state index in [0.29, 0.717) is 6.04 Å². The lowest BCUT2D eigenvalue weighted by Gasteiger charge is -2.34. The maximum Gasteiger partial charge on any atom is 0.111 e. The first-order valence-corrected chi connectivity index (χ1v) is 9.24. The highest BCUT2D eigenvalue weighted by molar-refractivity contribution is 7.18. The van der Waals surface area contributed by atoms with Gasteiger partial charge in [0.15, 0.2) is 0 Å². The number of rotatable bonds is 3. The Morgan fingerprint density at radius 3 is 2.83 bits per heavy atom. The number of aromatic nitrogens is 1. The zero-order valence-corrected chi connectivity index (χ0v) is 14.3. The Kier molecular flexibility index (Phi) is 4.29. The number of likely N-dealkylation sites (tertiary alicyclic amines) is 1. The smallest absolute Gasteiger partial charge is 0.111 e. The molecule has 3 aromatic rings. The zero-order chi connectivity index (χ0) is 16.4. The van der Waals surface area contributed by atoms with Gasteiger partial charge in [0.05, 0.1) is 27.9 Å². The molecule has 3 nitrogen and oxygen atoms in total. The largest absolute Gasteiger partial charge is 0.290 e. The third-order valence-corrected chi connectivity index (χ3v) is 5.86. The van der Waals surface area contributed by atoms with Crippen molar-refractivity contribution in [2.24, 2.45) is 0 Å². The van der Waals surface area contributed by atoms with Crippen molar-refractivity contribution in [3.63, 3.8) is 0 Å². The first-order valence-electron chi connectivity index (χ1n) is 8.42. The lowest BCUT2D eigenvalue weighted by Crippen LogP contribution is -2.33. The summed E-state index contributed by atoms with van der Waals surface area (Å²) in [5.41, 5.74) is 3.00. The topological polar surface area (TPSA) is 39.9 Å². The van der Waals surface area contributed by atoms with Crippen LogP contribution in [0.1, 0.15) is 41.4 Å². The van der Waals surface area contributed by atoms with E-state index in [1.165, 1.54) is 22.5 Å². The Labute approximate surface area is 146 Å². The minimum atomic E-state index is 0.364. The van der Waals surface area contributed by atoms with E-state index < -0.39 is 0 Å². The molecule has 0 bridgehead atoms. The first kappa shape index (κ1) is 15.3. The van der Waals surface area contributed by atoms with Gasteiger partial charge in [-0.15, -0.1) is 11.3 Å². The summed E-state index contributed by atoms with van der Waals surface area (Å²) < 4.78 is 1.26. The molecular weight excluding hydrogens is 314 g/mol. The Hall–Kier alpha value is -2.22. The van der Waals surface area contributed by atoms with Gasteiger partial charge in [-0.2, -0.15) is 5.26 Å². The summed E-state index contributed by atoms with van der Waals surface area (Å²) >= 11 is 1.81. The summed E-state index contributed by atoms with van der Waals surface area (Å²) in [5.74, 6) is 0. The molecule has 4 heteroatoms. The molecule has 0 amide bonds. The maximum atomic E-state index is 9.35. The third kappa shape index (κ3) is 2.93. The van der Waals surface area contributed by atoms with Crippen molar-refractivity contribution >= 4 is 21.6 Å². The highest BCUT2D eigenvalue weighted by Gasteiger charge is 2.27. The highest BCUT2D eigenvalue weighted by atomic mass is 32.1. The van der Waals surface area contributed by atoms with Gasteiger partial charge in [0.2, 0.25) is 0 Å². The number of nitriles is 1. The second-order valence-electron chi connectivity index (χ2n) is 6.27. The van der Waals surface area contributed by atoms with Gasteiger partial charge in [-0.1, -0.05) is 36.8 Å². The molecule has 2 aromatic carbocycles. The van der Waals surface area contributed by atoms with Gasteiger partial charge in [0.25, 0.3) is 0 Å². The summed E-state index contributed by atoms with van der Waals surface area (Å²) in [6, 6.07) is 19.0. The van der Waals surface area contributed by atoms with Crippen LogP contribution in [0.4, 0.5) is 0 Å². The Bertz CT molecular complexity index is 860. The van der Waals surface area contributed by atoms with Crippen LogP contribution < -0.4 is 0 Å². The fraction of sp³-hybridized carbons (Fsp3) is 0.300. The lowest BCUT2D eigenvalue weighted by atomic mass is 10.0. The molecule has 0 N–H and O–H groups in total. The number of benzene rings is 2. The minimum Gasteiger partial charge on any atom is -0.290 e. The number of thiazole rings is 1. The average molecular weight is 333 g/mol. The second kappa shape index (κ2) is 6.72. The van der Waals surface area contributed by atoms with Crippen molar-refractivity contribution in [3.05, 3.63) is 64.7 Å². The molecule has 1 fully saturated rings. The SMILES string of the molecule is N#Cc1ccccc1CN1CCCC[C@H]1c1nc2ccccc2s1. The molecule has 120 valence electrons. The van der Waals surface area contributed by atoms with Crippen LogP contribution in [-0.4, -0.2) is 16.4 Å². The lowest BCUT2D eigenvalue weighted by molar-refractivity contribution is 0.140. The normalized spacial score (nSPS) is 18.5. The van der Waals surface area contributed by atoms with Crippen molar-refractivity contribution in [3.8, 4) is 6.07 Å². The molecule has 4 rings (SSSR count). The van der Waals surface area contributed by atoms with E-state index in [0.717, 1.165) is 36.2 Å². The van der Waals surface area contributed by atoms with Gasteiger partial charge in [-0.05, 0) is 43.1 Å². The van der Waals surface area contributed by atoms with E-state index in [1.807, 2.05) is 35.6 Å². The van der Waals surface area contributed by atoms with Gasteiger partial charge in [0, 0.05) is 6.54 Å². The molecular formula is C20H19N3S. The number of nitrogens with zero attached hydrogens (tertiary/aromatic N) is 3. The maximum absolute atomic E-state index is 9.35. The summed E-state index contributed by atoms with van der Waals surface area (Å²) in [7, 11) is 0. The summed E-state index contributed by atoms with van der Waals surface area (Å²) in [6.07, 6.45) is 3.61. The van der Waals surface area contributed by atoms with Crippen LogP contribution in [0.2, 0.25) is 0 Å². The standard InChI is InChI=1S/C20H19N3S/c21-13-15-7-1-2-8-16(15)14-23-12-6-5-10-18(23)20-22-17-9-3-4-11-19(17)24-20/h1-4,7-9,11,18H,5-6,10,12,14H2/t18-/m0/s1. The van der Waals surface area contributed by atoms with Crippen molar-refractivity contribution in [1.82, 2.24) is 9.88 Å². The van der Waals surface area contributed by atoms with Crippen molar-refractivity contribution in [2.75, 3.05) is 6.54 Å². The van der Waals surface area contributed by atoms with Crippen molar-refractivity contribution in [2.45, 2.75) is 31.8 Å². The van der Waals surface area contributed by atoms with Gasteiger partial charge in [0.1, 0.15) is 5.01 Å². The predicted molar refractivity (Wildman–Crippen MR) is 97.8 cm³/mol. The molecule has 1 atom stereocenters. The van der Waals surface area contributed by atoms with Gasteiger partial charge < -0.3 is 0 Å².